The molecule has 0 spiro atoms. The molecule has 0 atom stereocenters. The highest BCUT2D eigenvalue weighted by atomic mass is 79.9. The molecule has 0 radical (unpaired) electrons. The standard InChI is InChI=1S/C8H10Br2N2S/c1-5-6(3-9)11-8(13-2)12-7(5)4-10/h3-4H2,1-2H3. The van der Waals surface area contributed by atoms with Gasteiger partial charge in [-0.15, -0.1) is 0 Å². The molecule has 0 saturated carbocycles. The number of alkyl halides is 2. The van der Waals surface area contributed by atoms with Crippen molar-refractivity contribution in [2.45, 2.75) is 22.7 Å². The molecule has 0 unspecified atom stereocenters. The Kier molecular flexibility index (Phi) is 4.69. The van der Waals surface area contributed by atoms with Crippen molar-refractivity contribution in [3.05, 3.63) is 17.0 Å². The number of aromatic nitrogens is 2. The Bertz CT molecular complexity index is 279. The summed E-state index contributed by atoms with van der Waals surface area (Å²) in [7, 11) is 0. The number of hydrogen-bond donors (Lipinski definition) is 0. The normalized spacial score (nSPS) is 10.5. The molecule has 0 aliphatic carbocycles. The Morgan fingerprint density at radius 3 is 1.92 bits per heavy atom. The van der Waals surface area contributed by atoms with Gasteiger partial charge in [0.2, 0.25) is 0 Å². The predicted octanol–water partition coefficient (Wildman–Crippen LogP) is 3.30. The van der Waals surface area contributed by atoms with Crippen molar-refractivity contribution >= 4 is 43.6 Å². The topological polar surface area (TPSA) is 25.8 Å². The monoisotopic (exact) mass is 324 g/mol. The largest absolute Gasteiger partial charge is 0.226 e. The summed E-state index contributed by atoms with van der Waals surface area (Å²) in [4.78, 5) is 8.80. The van der Waals surface area contributed by atoms with E-state index >= 15 is 0 Å². The van der Waals surface area contributed by atoms with Gasteiger partial charge in [0.1, 0.15) is 0 Å². The third kappa shape index (κ3) is 2.67. The SMILES string of the molecule is CSc1nc(CBr)c(C)c(CBr)n1. The first-order valence-electron chi connectivity index (χ1n) is 3.75. The fourth-order valence-electron chi connectivity index (χ4n) is 0.942. The van der Waals surface area contributed by atoms with Crippen LogP contribution in [0.4, 0.5) is 0 Å². The van der Waals surface area contributed by atoms with E-state index in [0.717, 1.165) is 27.2 Å². The van der Waals surface area contributed by atoms with Crippen LogP contribution in [0, 0.1) is 6.92 Å². The van der Waals surface area contributed by atoms with Gasteiger partial charge in [-0.2, -0.15) is 0 Å². The van der Waals surface area contributed by atoms with Crippen molar-refractivity contribution < 1.29 is 0 Å². The van der Waals surface area contributed by atoms with Crippen LogP contribution in [0.3, 0.4) is 0 Å². The summed E-state index contributed by atoms with van der Waals surface area (Å²) in [6.45, 7) is 2.05. The van der Waals surface area contributed by atoms with E-state index in [1.54, 1.807) is 11.8 Å². The van der Waals surface area contributed by atoms with Crippen LogP contribution in [0.5, 0.6) is 0 Å². The molecule has 72 valence electrons. The summed E-state index contributed by atoms with van der Waals surface area (Å²) < 4.78 is 0. The smallest absolute Gasteiger partial charge is 0.187 e. The van der Waals surface area contributed by atoms with Gasteiger partial charge in [-0.1, -0.05) is 43.6 Å². The molecule has 1 aromatic rings. The van der Waals surface area contributed by atoms with Crippen LogP contribution in [0.25, 0.3) is 0 Å². The summed E-state index contributed by atoms with van der Waals surface area (Å²) in [6, 6.07) is 0. The molecule has 0 amide bonds. The maximum absolute atomic E-state index is 4.40. The molecular formula is C8H10Br2N2S. The molecular weight excluding hydrogens is 316 g/mol. The van der Waals surface area contributed by atoms with E-state index < -0.39 is 0 Å². The minimum absolute atomic E-state index is 0.787. The van der Waals surface area contributed by atoms with Crippen LogP contribution < -0.4 is 0 Å². The van der Waals surface area contributed by atoms with Gasteiger partial charge in [0, 0.05) is 10.7 Å². The number of rotatable bonds is 3. The van der Waals surface area contributed by atoms with Gasteiger partial charge in [-0.3, -0.25) is 0 Å². The minimum atomic E-state index is 0.787. The first-order chi connectivity index (χ1) is 6.22. The zero-order valence-corrected chi connectivity index (χ0v) is 11.5. The molecule has 1 rings (SSSR count). The van der Waals surface area contributed by atoms with Crippen LogP contribution in [0.1, 0.15) is 17.0 Å². The molecule has 0 aromatic carbocycles. The zero-order valence-electron chi connectivity index (χ0n) is 7.47. The highest BCUT2D eigenvalue weighted by molar-refractivity contribution is 9.08. The molecule has 1 heterocycles. The molecule has 5 heteroatoms. The predicted molar refractivity (Wildman–Crippen MR) is 63.8 cm³/mol. The Morgan fingerprint density at radius 1 is 1.15 bits per heavy atom. The lowest BCUT2D eigenvalue weighted by atomic mass is 10.2. The van der Waals surface area contributed by atoms with Gasteiger partial charge in [-0.05, 0) is 18.7 Å². The maximum atomic E-state index is 4.40. The van der Waals surface area contributed by atoms with Gasteiger partial charge in [0.15, 0.2) is 5.16 Å². The Labute approximate surface area is 99.2 Å². The lowest BCUT2D eigenvalue weighted by molar-refractivity contribution is 0.875. The summed E-state index contributed by atoms with van der Waals surface area (Å²) in [6.07, 6.45) is 1.99. The van der Waals surface area contributed by atoms with E-state index in [0.29, 0.717) is 0 Å². The van der Waals surface area contributed by atoms with Crippen LogP contribution in [-0.4, -0.2) is 16.2 Å². The van der Waals surface area contributed by atoms with Crippen molar-refractivity contribution in [1.82, 2.24) is 9.97 Å². The van der Waals surface area contributed by atoms with Gasteiger partial charge in [-0.25, -0.2) is 9.97 Å². The van der Waals surface area contributed by atoms with E-state index in [1.165, 1.54) is 5.56 Å². The minimum Gasteiger partial charge on any atom is -0.226 e. The van der Waals surface area contributed by atoms with E-state index in [2.05, 4.69) is 48.8 Å². The van der Waals surface area contributed by atoms with E-state index in [-0.39, 0.29) is 0 Å². The van der Waals surface area contributed by atoms with Gasteiger partial charge in [0.25, 0.3) is 0 Å². The Hall–Kier alpha value is 0.390. The number of nitrogens with zero attached hydrogens (tertiary/aromatic N) is 2. The molecule has 1 aromatic heterocycles. The average molecular weight is 326 g/mol. The van der Waals surface area contributed by atoms with Crippen LogP contribution in [0.15, 0.2) is 5.16 Å². The second-order valence-corrected chi connectivity index (χ2v) is 4.39. The summed E-state index contributed by atoms with van der Waals surface area (Å²) >= 11 is 8.41. The van der Waals surface area contributed by atoms with Gasteiger partial charge in [0.05, 0.1) is 11.4 Å². The molecule has 0 bridgehead atoms. The lowest BCUT2D eigenvalue weighted by Gasteiger charge is -2.07. The second kappa shape index (κ2) is 5.32. The molecule has 0 N–H and O–H groups in total. The van der Waals surface area contributed by atoms with E-state index in [9.17, 15) is 0 Å². The maximum Gasteiger partial charge on any atom is 0.187 e. The lowest BCUT2D eigenvalue weighted by Crippen LogP contribution is -2.01. The Morgan fingerprint density at radius 2 is 1.62 bits per heavy atom. The first kappa shape index (κ1) is 11.5. The molecule has 0 aliphatic rings. The third-order valence-corrected chi connectivity index (χ3v) is 3.37. The quantitative estimate of drug-likeness (QED) is 0.484. The molecule has 13 heavy (non-hydrogen) atoms. The van der Waals surface area contributed by atoms with Crippen LogP contribution in [0.2, 0.25) is 0 Å². The second-order valence-electron chi connectivity index (χ2n) is 2.50. The summed E-state index contributed by atoms with van der Waals surface area (Å²) in [5.41, 5.74) is 3.33. The highest BCUT2D eigenvalue weighted by Crippen LogP contribution is 2.19. The van der Waals surface area contributed by atoms with Crippen molar-refractivity contribution in [3.63, 3.8) is 0 Å². The average Bonchev–Trinajstić information content (AvgIpc) is 2.18. The molecule has 0 fully saturated rings. The molecule has 2 nitrogen and oxygen atoms in total. The number of thioether (sulfide) groups is 1. The van der Waals surface area contributed by atoms with Gasteiger partial charge >= 0.3 is 0 Å². The van der Waals surface area contributed by atoms with Gasteiger partial charge < -0.3 is 0 Å². The van der Waals surface area contributed by atoms with E-state index in [4.69, 9.17) is 0 Å². The van der Waals surface area contributed by atoms with Crippen molar-refractivity contribution in [3.8, 4) is 0 Å². The number of hydrogen-bond acceptors (Lipinski definition) is 3. The molecule has 0 saturated heterocycles. The fraction of sp³-hybridized carbons (Fsp3) is 0.500. The highest BCUT2D eigenvalue weighted by Gasteiger charge is 2.07. The van der Waals surface area contributed by atoms with Crippen molar-refractivity contribution in [2.24, 2.45) is 0 Å². The zero-order chi connectivity index (χ0) is 9.84. The number of halogens is 2. The molecule has 0 aliphatic heterocycles. The van der Waals surface area contributed by atoms with Crippen molar-refractivity contribution in [1.29, 1.82) is 0 Å². The van der Waals surface area contributed by atoms with Crippen molar-refractivity contribution in [2.75, 3.05) is 6.26 Å². The van der Waals surface area contributed by atoms with E-state index in [1.807, 2.05) is 6.26 Å². The van der Waals surface area contributed by atoms with Crippen LogP contribution >= 0.6 is 43.6 Å². The summed E-state index contributed by atoms with van der Waals surface area (Å²) in [5, 5.41) is 2.42. The Balaban J connectivity index is 3.20. The fourth-order valence-corrected chi connectivity index (χ4v) is 2.44. The summed E-state index contributed by atoms with van der Waals surface area (Å²) in [5.74, 6) is 0. The van der Waals surface area contributed by atoms with Crippen LogP contribution in [-0.2, 0) is 10.7 Å². The third-order valence-electron chi connectivity index (χ3n) is 1.76. The first-order valence-corrected chi connectivity index (χ1v) is 7.22.